The van der Waals surface area contributed by atoms with Crippen LogP contribution in [0.1, 0.15) is 19.3 Å². The summed E-state index contributed by atoms with van der Waals surface area (Å²) in [6.45, 7) is 5.42. The van der Waals surface area contributed by atoms with Crippen molar-refractivity contribution < 1.29 is 14.3 Å². The lowest BCUT2D eigenvalue weighted by Crippen LogP contribution is -2.38. The number of benzene rings is 1. The molecule has 2 aliphatic heterocycles. The topological polar surface area (TPSA) is 54.0 Å². The van der Waals surface area contributed by atoms with E-state index in [1.54, 1.807) is 0 Å². The Balaban J connectivity index is 1.43. The predicted molar refractivity (Wildman–Crippen MR) is 99.2 cm³/mol. The van der Waals surface area contributed by atoms with Crippen molar-refractivity contribution in [2.75, 3.05) is 63.3 Å². The number of rotatable bonds is 6. The molecular formula is C19H29N3O3. The molecule has 0 bridgehead atoms. The fraction of sp³-hybridized carbons (Fsp3) is 0.632. The summed E-state index contributed by atoms with van der Waals surface area (Å²) in [7, 11) is 1.97. The predicted octanol–water partition coefficient (Wildman–Crippen LogP) is 1.96. The third-order valence-corrected chi connectivity index (χ3v) is 4.73. The fourth-order valence-electron chi connectivity index (χ4n) is 3.39. The molecule has 0 saturated carbocycles. The molecule has 138 valence electrons. The van der Waals surface area contributed by atoms with E-state index in [9.17, 15) is 4.79 Å². The maximum Gasteiger partial charge on any atom is 0.238 e. The second kappa shape index (κ2) is 9.17. The molecule has 2 heterocycles. The Morgan fingerprint density at radius 3 is 2.64 bits per heavy atom. The van der Waals surface area contributed by atoms with Crippen LogP contribution >= 0.6 is 0 Å². The maximum absolute atomic E-state index is 12.2. The number of hydrogen-bond donors (Lipinski definition) is 1. The Kier molecular flexibility index (Phi) is 6.67. The highest BCUT2D eigenvalue weighted by Gasteiger charge is 2.17. The van der Waals surface area contributed by atoms with E-state index in [-0.39, 0.29) is 12.0 Å². The van der Waals surface area contributed by atoms with Crippen LogP contribution in [0.25, 0.3) is 0 Å². The van der Waals surface area contributed by atoms with Crippen molar-refractivity contribution in [3.63, 3.8) is 0 Å². The molecule has 6 nitrogen and oxygen atoms in total. The molecule has 3 rings (SSSR count). The Hall–Kier alpha value is -1.63. The van der Waals surface area contributed by atoms with Gasteiger partial charge in [-0.05, 0) is 50.6 Å². The molecule has 1 N–H and O–H groups in total. The van der Waals surface area contributed by atoms with Gasteiger partial charge in [-0.3, -0.25) is 9.69 Å². The van der Waals surface area contributed by atoms with E-state index in [0.29, 0.717) is 6.54 Å². The summed E-state index contributed by atoms with van der Waals surface area (Å²) in [6, 6.07) is 8.04. The SMILES string of the molecule is CN(CC(=O)Nc1ccc(N2CCOCC2)cc1)C[C@@H]1CCCCO1. The normalized spacial score (nSPS) is 21.4. The van der Waals surface area contributed by atoms with Gasteiger partial charge >= 0.3 is 0 Å². The van der Waals surface area contributed by atoms with Gasteiger partial charge in [0.15, 0.2) is 0 Å². The number of amides is 1. The first-order chi connectivity index (χ1) is 12.2. The van der Waals surface area contributed by atoms with Crippen LogP contribution in [0.2, 0.25) is 0 Å². The zero-order valence-electron chi connectivity index (χ0n) is 15.1. The number of hydrogen-bond acceptors (Lipinski definition) is 5. The molecule has 6 heteroatoms. The molecule has 0 radical (unpaired) electrons. The van der Waals surface area contributed by atoms with E-state index < -0.39 is 0 Å². The minimum atomic E-state index is 0.0115. The highest BCUT2D eigenvalue weighted by Crippen LogP contribution is 2.19. The highest BCUT2D eigenvalue weighted by molar-refractivity contribution is 5.92. The first-order valence-electron chi connectivity index (χ1n) is 9.23. The van der Waals surface area contributed by atoms with Crippen LogP contribution in [0, 0.1) is 0 Å². The highest BCUT2D eigenvalue weighted by atomic mass is 16.5. The Labute approximate surface area is 150 Å². The van der Waals surface area contributed by atoms with E-state index in [4.69, 9.17) is 9.47 Å². The van der Waals surface area contributed by atoms with Crippen molar-refractivity contribution in [3.05, 3.63) is 24.3 Å². The number of morpholine rings is 1. The molecule has 25 heavy (non-hydrogen) atoms. The molecule has 1 aromatic carbocycles. The Morgan fingerprint density at radius 1 is 1.20 bits per heavy atom. The Bertz CT molecular complexity index is 537. The van der Waals surface area contributed by atoms with Gasteiger partial charge in [0.1, 0.15) is 0 Å². The summed E-state index contributed by atoms with van der Waals surface area (Å²) in [5.74, 6) is 0.0115. The molecular weight excluding hydrogens is 318 g/mol. The number of ether oxygens (including phenoxy) is 2. The van der Waals surface area contributed by atoms with Crippen LogP contribution in [-0.2, 0) is 14.3 Å². The number of nitrogens with one attached hydrogen (secondary N) is 1. The summed E-state index contributed by atoms with van der Waals surface area (Å²) < 4.78 is 11.1. The minimum absolute atomic E-state index is 0.0115. The third kappa shape index (κ3) is 5.70. The molecule has 0 aliphatic carbocycles. The van der Waals surface area contributed by atoms with Gasteiger partial charge in [-0.2, -0.15) is 0 Å². The molecule has 0 aromatic heterocycles. The van der Waals surface area contributed by atoms with Crippen LogP contribution in [0.4, 0.5) is 11.4 Å². The standard InChI is InChI=1S/C19H29N3O3/c1-21(14-18-4-2-3-11-25-18)15-19(23)20-16-5-7-17(8-6-16)22-9-12-24-13-10-22/h5-8,18H,2-4,9-15H2,1H3,(H,20,23)/t18-/m0/s1. The quantitative estimate of drug-likeness (QED) is 0.853. The number of carbonyl (C=O) groups is 1. The summed E-state index contributed by atoms with van der Waals surface area (Å²) in [6.07, 6.45) is 3.73. The van der Waals surface area contributed by atoms with Gasteiger partial charge in [0.25, 0.3) is 0 Å². The van der Waals surface area contributed by atoms with Crippen LogP contribution in [0.3, 0.4) is 0 Å². The monoisotopic (exact) mass is 347 g/mol. The lowest BCUT2D eigenvalue weighted by molar-refractivity contribution is -0.117. The first-order valence-corrected chi connectivity index (χ1v) is 9.23. The van der Waals surface area contributed by atoms with Crippen molar-refractivity contribution in [1.29, 1.82) is 0 Å². The zero-order chi connectivity index (χ0) is 17.5. The largest absolute Gasteiger partial charge is 0.378 e. The number of carbonyl (C=O) groups excluding carboxylic acids is 1. The van der Waals surface area contributed by atoms with Crippen molar-refractivity contribution in [3.8, 4) is 0 Å². The molecule has 0 spiro atoms. The smallest absolute Gasteiger partial charge is 0.238 e. The number of nitrogens with zero attached hydrogens (tertiary/aromatic N) is 2. The Morgan fingerprint density at radius 2 is 1.96 bits per heavy atom. The van der Waals surface area contributed by atoms with Crippen molar-refractivity contribution in [2.24, 2.45) is 0 Å². The molecule has 1 amide bonds. The van der Waals surface area contributed by atoms with Crippen LogP contribution in [0.5, 0.6) is 0 Å². The van der Waals surface area contributed by atoms with Gasteiger partial charge in [-0.1, -0.05) is 0 Å². The van der Waals surface area contributed by atoms with Gasteiger partial charge in [-0.25, -0.2) is 0 Å². The third-order valence-electron chi connectivity index (χ3n) is 4.73. The van der Waals surface area contributed by atoms with Gasteiger partial charge < -0.3 is 19.7 Å². The molecule has 2 fully saturated rings. The summed E-state index contributed by atoms with van der Waals surface area (Å²) >= 11 is 0. The molecule has 1 aromatic rings. The maximum atomic E-state index is 12.2. The minimum Gasteiger partial charge on any atom is -0.378 e. The van der Waals surface area contributed by atoms with E-state index in [0.717, 1.165) is 58.0 Å². The molecule has 0 unspecified atom stereocenters. The van der Waals surface area contributed by atoms with Crippen molar-refractivity contribution in [1.82, 2.24) is 4.90 Å². The van der Waals surface area contributed by atoms with Gasteiger partial charge in [0, 0.05) is 37.6 Å². The lowest BCUT2D eigenvalue weighted by Gasteiger charge is -2.29. The van der Waals surface area contributed by atoms with Gasteiger partial charge in [0.2, 0.25) is 5.91 Å². The number of likely N-dealkylation sites (N-methyl/N-ethyl adjacent to an activating group) is 1. The lowest BCUT2D eigenvalue weighted by atomic mass is 10.1. The second-order valence-corrected chi connectivity index (χ2v) is 6.88. The van der Waals surface area contributed by atoms with Crippen LogP contribution in [-0.4, -0.2) is 70.0 Å². The first kappa shape index (κ1) is 18.2. The number of anilines is 2. The van der Waals surface area contributed by atoms with E-state index in [1.807, 2.05) is 24.1 Å². The van der Waals surface area contributed by atoms with E-state index >= 15 is 0 Å². The molecule has 1 atom stereocenters. The van der Waals surface area contributed by atoms with Gasteiger partial charge in [0.05, 0.1) is 25.9 Å². The second-order valence-electron chi connectivity index (χ2n) is 6.88. The molecule has 2 saturated heterocycles. The van der Waals surface area contributed by atoms with E-state index in [2.05, 4.69) is 22.3 Å². The van der Waals surface area contributed by atoms with Gasteiger partial charge in [-0.15, -0.1) is 0 Å². The summed E-state index contributed by atoms with van der Waals surface area (Å²) in [4.78, 5) is 16.6. The van der Waals surface area contributed by atoms with Crippen molar-refractivity contribution >= 4 is 17.3 Å². The molecule has 2 aliphatic rings. The fourth-order valence-corrected chi connectivity index (χ4v) is 3.39. The summed E-state index contributed by atoms with van der Waals surface area (Å²) in [5.41, 5.74) is 2.01. The zero-order valence-corrected chi connectivity index (χ0v) is 15.1. The van der Waals surface area contributed by atoms with E-state index in [1.165, 1.54) is 12.1 Å². The van der Waals surface area contributed by atoms with Crippen molar-refractivity contribution in [2.45, 2.75) is 25.4 Å². The average molecular weight is 347 g/mol. The summed E-state index contributed by atoms with van der Waals surface area (Å²) in [5, 5.41) is 2.98. The van der Waals surface area contributed by atoms with Crippen LogP contribution < -0.4 is 10.2 Å². The van der Waals surface area contributed by atoms with Crippen LogP contribution in [0.15, 0.2) is 24.3 Å². The average Bonchev–Trinajstić information content (AvgIpc) is 2.63.